The molecule has 1 fully saturated rings. The molecule has 0 spiro atoms. The largest absolute Gasteiger partial charge is 0.468 e. The normalized spacial score (nSPS) is 16.3. The van der Waals surface area contributed by atoms with Crippen molar-refractivity contribution in [2.24, 2.45) is 5.92 Å². The number of rotatable bonds is 8. The number of hydrogen-bond donors (Lipinski definition) is 1. The summed E-state index contributed by atoms with van der Waals surface area (Å²) in [6.07, 6.45) is 2.76. The Morgan fingerprint density at radius 1 is 1.15 bits per heavy atom. The summed E-state index contributed by atoms with van der Waals surface area (Å²) >= 11 is 1.70. The molecule has 1 aromatic carbocycles. The van der Waals surface area contributed by atoms with Crippen LogP contribution in [0.3, 0.4) is 0 Å². The van der Waals surface area contributed by atoms with Gasteiger partial charge in [0.2, 0.25) is 15.9 Å². The lowest BCUT2D eigenvalue weighted by Crippen LogP contribution is -2.43. The van der Waals surface area contributed by atoms with Crippen LogP contribution in [0.4, 0.5) is 0 Å². The van der Waals surface area contributed by atoms with E-state index < -0.39 is 10.0 Å². The van der Waals surface area contributed by atoms with E-state index in [0.29, 0.717) is 37.4 Å². The number of furan rings is 1. The highest BCUT2D eigenvalue weighted by Gasteiger charge is 2.31. The monoisotopic (exact) mass is 408 g/mol. The van der Waals surface area contributed by atoms with E-state index in [1.807, 2.05) is 12.1 Å². The second kappa shape index (κ2) is 9.43. The zero-order valence-electron chi connectivity index (χ0n) is 15.0. The first kappa shape index (κ1) is 20.0. The molecule has 8 heteroatoms. The van der Waals surface area contributed by atoms with Crippen LogP contribution >= 0.6 is 11.8 Å². The molecule has 2 heterocycles. The standard InChI is InChI=1S/C19H24N2O4S2/c22-19(20-10-14-26-15-17-5-4-13-25-17)16-8-11-21(12-9-16)27(23,24)18-6-2-1-3-7-18/h1-7,13,16H,8-12,14-15H2,(H,20,22). The van der Waals surface area contributed by atoms with Crippen molar-refractivity contribution in [3.05, 3.63) is 54.5 Å². The van der Waals surface area contributed by atoms with Crippen LogP contribution in [-0.2, 0) is 20.6 Å². The number of benzene rings is 1. The van der Waals surface area contributed by atoms with E-state index in [1.165, 1.54) is 4.31 Å². The molecule has 0 bridgehead atoms. The number of piperidine rings is 1. The summed E-state index contributed by atoms with van der Waals surface area (Å²) in [7, 11) is -3.47. The molecule has 146 valence electrons. The van der Waals surface area contributed by atoms with E-state index in [1.54, 1.807) is 48.4 Å². The average Bonchev–Trinajstić information content (AvgIpc) is 3.22. The van der Waals surface area contributed by atoms with Crippen LogP contribution in [-0.4, -0.2) is 44.0 Å². The Balaban J connectivity index is 1.39. The number of carbonyl (C=O) groups is 1. The minimum Gasteiger partial charge on any atom is -0.468 e. The summed E-state index contributed by atoms with van der Waals surface area (Å²) in [4.78, 5) is 12.6. The zero-order valence-corrected chi connectivity index (χ0v) is 16.7. The van der Waals surface area contributed by atoms with E-state index >= 15 is 0 Å². The maximum atomic E-state index is 12.6. The molecule has 1 aliphatic heterocycles. The number of nitrogens with one attached hydrogen (secondary N) is 1. The minimum atomic E-state index is -3.47. The van der Waals surface area contributed by atoms with Gasteiger partial charge in [-0.1, -0.05) is 18.2 Å². The highest BCUT2D eigenvalue weighted by atomic mass is 32.2. The quantitative estimate of drug-likeness (QED) is 0.680. The molecule has 1 amide bonds. The molecule has 1 aliphatic rings. The van der Waals surface area contributed by atoms with Gasteiger partial charge in [0.05, 0.1) is 16.9 Å². The van der Waals surface area contributed by atoms with Crippen LogP contribution in [0.2, 0.25) is 0 Å². The van der Waals surface area contributed by atoms with Crippen molar-refractivity contribution in [3.63, 3.8) is 0 Å². The topological polar surface area (TPSA) is 79.6 Å². The number of sulfonamides is 1. The number of amides is 1. The van der Waals surface area contributed by atoms with Crippen LogP contribution in [0.15, 0.2) is 58.0 Å². The van der Waals surface area contributed by atoms with Crippen LogP contribution in [0.25, 0.3) is 0 Å². The molecule has 3 rings (SSSR count). The highest BCUT2D eigenvalue weighted by molar-refractivity contribution is 7.98. The van der Waals surface area contributed by atoms with E-state index in [9.17, 15) is 13.2 Å². The Hall–Kier alpha value is -1.77. The first-order valence-electron chi connectivity index (χ1n) is 9.00. The maximum Gasteiger partial charge on any atom is 0.243 e. The van der Waals surface area contributed by atoms with Crippen molar-refractivity contribution in [2.45, 2.75) is 23.5 Å². The summed E-state index contributed by atoms with van der Waals surface area (Å²) in [6, 6.07) is 12.2. The molecule has 0 aliphatic carbocycles. The first-order chi connectivity index (χ1) is 13.1. The van der Waals surface area contributed by atoms with Crippen molar-refractivity contribution in [1.82, 2.24) is 9.62 Å². The third-order valence-corrected chi connectivity index (χ3v) is 7.47. The van der Waals surface area contributed by atoms with Gasteiger partial charge in [0.15, 0.2) is 0 Å². The Labute approximate surface area is 164 Å². The lowest BCUT2D eigenvalue weighted by molar-refractivity contribution is -0.125. The Morgan fingerprint density at radius 2 is 1.89 bits per heavy atom. The smallest absolute Gasteiger partial charge is 0.243 e. The molecule has 0 atom stereocenters. The van der Waals surface area contributed by atoms with Gasteiger partial charge in [-0.2, -0.15) is 16.1 Å². The lowest BCUT2D eigenvalue weighted by atomic mass is 9.97. The first-order valence-corrected chi connectivity index (χ1v) is 11.6. The maximum absolute atomic E-state index is 12.6. The fraction of sp³-hybridized carbons (Fsp3) is 0.421. The van der Waals surface area contributed by atoms with Crippen LogP contribution < -0.4 is 5.32 Å². The van der Waals surface area contributed by atoms with Gasteiger partial charge in [0, 0.05) is 31.3 Å². The van der Waals surface area contributed by atoms with Gasteiger partial charge < -0.3 is 9.73 Å². The lowest BCUT2D eigenvalue weighted by Gasteiger charge is -2.30. The Kier molecular flexibility index (Phi) is 6.98. The minimum absolute atomic E-state index is 0.0188. The van der Waals surface area contributed by atoms with Crippen LogP contribution in [0.1, 0.15) is 18.6 Å². The molecule has 1 aromatic heterocycles. The number of hydrogen-bond acceptors (Lipinski definition) is 5. The molecule has 0 radical (unpaired) electrons. The molecule has 1 saturated heterocycles. The predicted molar refractivity (Wildman–Crippen MR) is 106 cm³/mol. The van der Waals surface area contributed by atoms with Crippen LogP contribution in [0.5, 0.6) is 0 Å². The fourth-order valence-corrected chi connectivity index (χ4v) is 5.31. The molecule has 27 heavy (non-hydrogen) atoms. The molecule has 0 unspecified atom stereocenters. The fourth-order valence-electron chi connectivity index (χ4n) is 3.06. The second-order valence-corrected chi connectivity index (χ2v) is 9.46. The molecule has 6 nitrogen and oxygen atoms in total. The Morgan fingerprint density at radius 3 is 2.56 bits per heavy atom. The van der Waals surface area contributed by atoms with E-state index in [2.05, 4.69) is 5.32 Å². The summed E-state index contributed by atoms with van der Waals surface area (Å²) in [5, 5.41) is 2.96. The number of nitrogens with zero attached hydrogens (tertiary/aromatic N) is 1. The summed E-state index contributed by atoms with van der Waals surface area (Å²) in [5.41, 5.74) is 0. The highest BCUT2D eigenvalue weighted by Crippen LogP contribution is 2.23. The van der Waals surface area contributed by atoms with Crippen molar-refractivity contribution >= 4 is 27.7 Å². The van der Waals surface area contributed by atoms with Gasteiger partial charge in [-0.3, -0.25) is 4.79 Å². The predicted octanol–water partition coefficient (Wildman–Crippen LogP) is 2.73. The zero-order chi connectivity index (χ0) is 19.1. The van der Waals surface area contributed by atoms with Gasteiger partial charge in [-0.05, 0) is 37.1 Å². The van der Waals surface area contributed by atoms with Gasteiger partial charge >= 0.3 is 0 Å². The third kappa shape index (κ3) is 5.37. The molecule has 1 N–H and O–H groups in total. The molecule has 0 saturated carbocycles. The summed E-state index contributed by atoms with van der Waals surface area (Å²) in [6.45, 7) is 1.36. The van der Waals surface area contributed by atoms with Crippen LogP contribution in [0, 0.1) is 5.92 Å². The molecular formula is C19H24N2O4S2. The summed E-state index contributed by atoms with van der Waals surface area (Å²) in [5.74, 6) is 2.43. The SMILES string of the molecule is O=C(NCCSCc1ccco1)C1CCN(S(=O)(=O)c2ccccc2)CC1. The third-order valence-electron chi connectivity index (χ3n) is 4.58. The van der Waals surface area contributed by atoms with Gasteiger partial charge in [0.1, 0.15) is 5.76 Å². The number of thioether (sulfide) groups is 1. The Bertz CT molecular complexity index is 815. The summed E-state index contributed by atoms with van der Waals surface area (Å²) < 4.78 is 32.0. The van der Waals surface area contributed by atoms with Crippen molar-refractivity contribution in [3.8, 4) is 0 Å². The van der Waals surface area contributed by atoms with Gasteiger partial charge in [-0.25, -0.2) is 8.42 Å². The van der Waals surface area contributed by atoms with Gasteiger partial charge in [0.25, 0.3) is 0 Å². The van der Waals surface area contributed by atoms with E-state index in [0.717, 1.165) is 17.3 Å². The number of carbonyl (C=O) groups excluding carboxylic acids is 1. The molecular weight excluding hydrogens is 384 g/mol. The van der Waals surface area contributed by atoms with E-state index in [-0.39, 0.29) is 11.8 Å². The average molecular weight is 409 g/mol. The molecule has 2 aromatic rings. The van der Waals surface area contributed by atoms with E-state index in [4.69, 9.17) is 4.42 Å². The van der Waals surface area contributed by atoms with Gasteiger partial charge in [-0.15, -0.1) is 0 Å². The second-order valence-electron chi connectivity index (χ2n) is 6.41. The van der Waals surface area contributed by atoms with Crippen molar-refractivity contribution in [2.75, 3.05) is 25.4 Å². The van der Waals surface area contributed by atoms with Crippen molar-refractivity contribution < 1.29 is 17.6 Å². The van der Waals surface area contributed by atoms with Crippen molar-refractivity contribution in [1.29, 1.82) is 0 Å².